The predicted molar refractivity (Wildman–Crippen MR) is 73.8 cm³/mol. The van der Waals surface area contributed by atoms with E-state index in [-0.39, 0.29) is 6.09 Å². The molecule has 1 fully saturated rings. The van der Waals surface area contributed by atoms with Crippen LogP contribution in [0.15, 0.2) is 0 Å². The van der Waals surface area contributed by atoms with E-state index in [0.717, 1.165) is 13.1 Å². The molecule has 1 amide bonds. The van der Waals surface area contributed by atoms with Gasteiger partial charge in [0.25, 0.3) is 0 Å². The number of hydrogen-bond acceptors (Lipinski definition) is 2. The largest absolute Gasteiger partial charge is 0.665 e. The Hall–Kier alpha value is -0.770. The summed E-state index contributed by atoms with van der Waals surface area (Å²) in [5.41, 5.74) is -0.416. The highest BCUT2D eigenvalue weighted by Gasteiger charge is 2.21. The van der Waals surface area contributed by atoms with Gasteiger partial charge in [0.1, 0.15) is 5.60 Å². The first kappa shape index (κ1) is 15.3. The van der Waals surface area contributed by atoms with Crippen LogP contribution in [0.2, 0.25) is 0 Å². The lowest BCUT2D eigenvalue weighted by molar-refractivity contribution is 0.0512. The van der Waals surface area contributed by atoms with Crippen LogP contribution < -0.4 is 5.32 Å². The van der Waals surface area contributed by atoms with E-state index in [2.05, 4.69) is 10.6 Å². The molecule has 2 atom stereocenters. The van der Waals surface area contributed by atoms with Crippen molar-refractivity contribution >= 4 is 6.09 Å². The minimum atomic E-state index is -0.416. The van der Waals surface area contributed by atoms with Gasteiger partial charge in [0, 0.05) is 6.54 Å². The molecule has 1 N–H and O–H groups in total. The van der Waals surface area contributed by atoms with Gasteiger partial charge < -0.3 is 15.4 Å². The number of amides is 1. The number of ether oxygens (including phenoxy) is 1. The second kappa shape index (κ2) is 6.98. The number of carbonyl (C=O) groups excluding carboxylic acids is 1. The molecule has 2 unspecified atom stereocenters. The minimum absolute atomic E-state index is 0.301. The summed E-state index contributed by atoms with van der Waals surface area (Å²) >= 11 is 0. The average molecular weight is 255 g/mol. The van der Waals surface area contributed by atoms with E-state index in [1.807, 2.05) is 27.8 Å². The van der Waals surface area contributed by atoms with Gasteiger partial charge in [-0.1, -0.05) is 18.8 Å². The van der Waals surface area contributed by atoms with Gasteiger partial charge in [-0.3, -0.25) is 0 Å². The smallest absolute Gasteiger partial charge is 0.407 e. The Morgan fingerprint density at radius 2 is 2.00 bits per heavy atom. The van der Waals surface area contributed by atoms with Crippen LogP contribution in [0.1, 0.15) is 46.5 Å². The first-order valence-corrected chi connectivity index (χ1v) is 6.93. The van der Waals surface area contributed by atoms with Crippen LogP contribution in [0.5, 0.6) is 0 Å². The van der Waals surface area contributed by atoms with Crippen LogP contribution >= 0.6 is 0 Å². The molecule has 0 radical (unpaired) electrons. The molecule has 0 aliphatic heterocycles. The van der Waals surface area contributed by atoms with Gasteiger partial charge >= 0.3 is 6.09 Å². The first-order valence-electron chi connectivity index (χ1n) is 6.93. The molecule has 0 bridgehead atoms. The van der Waals surface area contributed by atoms with Crippen molar-refractivity contribution in [3.63, 3.8) is 0 Å². The highest BCUT2D eigenvalue weighted by atomic mass is 16.6. The maximum atomic E-state index is 11.6. The van der Waals surface area contributed by atoms with Gasteiger partial charge in [0.05, 0.1) is 0 Å². The van der Waals surface area contributed by atoms with Gasteiger partial charge in [0.2, 0.25) is 0 Å². The lowest BCUT2D eigenvalue weighted by Crippen LogP contribution is -2.36. The monoisotopic (exact) mass is 255 g/mol. The standard InChI is InChI=1S/C14H27N2O2/c1-14(2,3)18-13(17)16-10-12-7-5-6-11(8-12)9-15-4/h11-12H,5-10H2,1-4H3,(H,16,17)/q-1. The minimum Gasteiger partial charge on any atom is -0.665 e. The molecule has 18 heavy (non-hydrogen) atoms. The fourth-order valence-corrected chi connectivity index (χ4v) is 2.55. The molecular weight excluding hydrogens is 228 g/mol. The Morgan fingerprint density at radius 3 is 2.61 bits per heavy atom. The fourth-order valence-electron chi connectivity index (χ4n) is 2.55. The van der Waals surface area contributed by atoms with E-state index >= 15 is 0 Å². The molecule has 1 aliphatic carbocycles. The lowest BCUT2D eigenvalue weighted by atomic mass is 9.81. The summed E-state index contributed by atoms with van der Waals surface area (Å²) in [6.45, 7) is 7.34. The maximum absolute atomic E-state index is 11.6. The van der Waals surface area contributed by atoms with Crippen molar-refractivity contribution in [1.82, 2.24) is 5.32 Å². The molecular formula is C14H27N2O2-. The molecule has 0 aromatic rings. The van der Waals surface area contributed by atoms with Gasteiger partial charge in [-0.05, 0) is 39.5 Å². The molecule has 1 saturated carbocycles. The van der Waals surface area contributed by atoms with Gasteiger partial charge in [-0.25, -0.2) is 4.79 Å². The molecule has 0 aromatic carbocycles. The van der Waals surface area contributed by atoms with Crippen LogP contribution in [0.4, 0.5) is 4.79 Å². The second-order valence-corrected chi connectivity index (χ2v) is 6.28. The average Bonchev–Trinajstić information content (AvgIpc) is 2.25. The second-order valence-electron chi connectivity index (χ2n) is 6.28. The van der Waals surface area contributed by atoms with Crippen molar-refractivity contribution in [3.05, 3.63) is 5.32 Å². The molecule has 106 valence electrons. The van der Waals surface area contributed by atoms with E-state index in [1.165, 1.54) is 25.7 Å². The molecule has 0 aromatic heterocycles. The van der Waals surface area contributed by atoms with Gasteiger partial charge in [-0.2, -0.15) is 7.05 Å². The Morgan fingerprint density at radius 1 is 1.33 bits per heavy atom. The van der Waals surface area contributed by atoms with Crippen LogP contribution in [-0.2, 0) is 4.74 Å². The number of nitrogens with zero attached hydrogens (tertiary/aromatic N) is 1. The van der Waals surface area contributed by atoms with E-state index in [4.69, 9.17) is 4.74 Å². The van der Waals surface area contributed by atoms with Crippen molar-refractivity contribution in [1.29, 1.82) is 0 Å². The van der Waals surface area contributed by atoms with Gasteiger partial charge in [-0.15, -0.1) is 6.54 Å². The van der Waals surface area contributed by atoms with Crippen LogP contribution in [-0.4, -0.2) is 31.8 Å². The van der Waals surface area contributed by atoms with Gasteiger partial charge in [0.15, 0.2) is 0 Å². The Balaban J connectivity index is 2.24. The zero-order valence-electron chi connectivity index (χ0n) is 12.2. The van der Waals surface area contributed by atoms with Crippen LogP contribution in [0.3, 0.4) is 0 Å². The molecule has 0 heterocycles. The van der Waals surface area contributed by atoms with E-state index in [0.29, 0.717) is 11.8 Å². The summed E-state index contributed by atoms with van der Waals surface area (Å²) < 4.78 is 5.23. The van der Waals surface area contributed by atoms with Crippen molar-refractivity contribution in [2.75, 3.05) is 20.1 Å². The highest BCUT2D eigenvalue weighted by Crippen LogP contribution is 2.29. The van der Waals surface area contributed by atoms with Crippen LogP contribution in [0, 0.1) is 11.8 Å². The fraction of sp³-hybridized carbons (Fsp3) is 0.929. The summed E-state index contributed by atoms with van der Waals surface area (Å²) in [6.07, 6.45) is 4.61. The summed E-state index contributed by atoms with van der Waals surface area (Å²) in [4.78, 5) is 11.6. The molecule has 1 rings (SSSR count). The maximum Gasteiger partial charge on any atom is 0.407 e. The zero-order chi connectivity index (χ0) is 13.6. The third kappa shape index (κ3) is 6.24. The third-order valence-electron chi connectivity index (χ3n) is 3.27. The zero-order valence-corrected chi connectivity index (χ0v) is 12.2. The number of carbonyl (C=O) groups is 1. The molecule has 1 aliphatic rings. The SMILES string of the molecule is C[N-]CC1CCCC(CNC(=O)OC(C)(C)C)C1. The molecule has 4 nitrogen and oxygen atoms in total. The van der Waals surface area contributed by atoms with E-state index < -0.39 is 5.60 Å². The van der Waals surface area contributed by atoms with E-state index in [9.17, 15) is 4.79 Å². The molecule has 0 spiro atoms. The topological polar surface area (TPSA) is 52.4 Å². The lowest BCUT2D eigenvalue weighted by Gasteiger charge is -2.32. The normalized spacial score (nSPS) is 24.7. The summed E-state index contributed by atoms with van der Waals surface area (Å²) in [5, 5.41) is 7.11. The Labute approximate surface area is 111 Å². The molecule has 4 heteroatoms. The summed E-state index contributed by atoms with van der Waals surface area (Å²) in [6, 6.07) is 0. The van der Waals surface area contributed by atoms with Crippen molar-refractivity contribution in [2.24, 2.45) is 11.8 Å². The number of alkyl carbamates (subject to hydrolysis) is 1. The Kier molecular flexibility index (Phi) is 5.93. The van der Waals surface area contributed by atoms with Crippen molar-refractivity contribution in [3.8, 4) is 0 Å². The number of nitrogens with one attached hydrogen (secondary N) is 1. The summed E-state index contributed by atoms with van der Waals surface area (Å²) in [7, 11) is 1.88. The predicted octanol–water partition coefficient (Wildman–Crippen LogP) is 3.32. The quantitative estimate of drug-likeness (QED) is 0.837. The van der Waals surface area contributed by atoms with Crippen LogP contribution in [0.25, 0.3) is 5.32 Å². The van der Waals surface area contributed by atoms with Crippen molar-refractivity contribution in [2.45, 2.75) is 52.1 Å². The number of hydrogen-bond donors (Lipinski definition) is 1. The Bertz CT molecular complexity index is 259. The van der Waals surface area contributed by atoms with Crippen molar-refractivity contribution < 1.29 is 9.53 Å². The molecule has 0 saturated heterocycles. The third-order valence-corrected chi connectivity index (χ3v) is 3.27. The number of rotatable bonds is 4. The summed E-state index contributed by atoms with van der Waals surface area (Å²) in [5.74, 6) is 1.28. The highest BCUT2D eigenvalue weighted by molar-refractivity contribution is 5.67. The first-order chi connectivity index (χ1) is 8.40. The van der Waals surface area contributed by atoms with E-state index in [1.54, 1.807) is 0 Å².